The SMILES string of the molecule is CC(C)c1cccc2cccc(-c3ccc(N(c4ccccc4C4=CCC5Oc6c(ccc7ccccc67)C5=C4)c4cccc5c4-c4ccccc4C5(C)C)cc3)c12. The van der Waals surface area contributed by atoms with Crippen LogP contribution in [0, 0.1) is 0 Å². The van der Waals surface area contributed by atoms with Crippen LogP contribution in [-0.2, 0) is 5.41 Å². The summed E-state index contributed by atoms with van der Waals surface area (Å²) < 4.78 is 6.70. The monoisotopic (exact) mass is 747 g/mol. The molecule has 1 heterocycles. The Morgan fingerprint density at radius 3 is 2.10 bits per heavy atom. The number of anilines is 3. The summed E-state index contributed by atoms with van der Waals surface area (Å²) in [5, 5.41) is 5.01. The van der Waals surface area contributed by atoms with Crippen LogP contribution in [0.1, 0.15) is 67.9 Å². The molecule has 2 nitrogen and oxygen atoms in total. The summed E-state index contributed by atoms with van der Waals surface area (Å²) >= 11 is 0. The molecule has 0 aromatic heterocycles. The molecule has 1 aliphatic heterocycles. The van der Waals surface area contributed by atoms with E-state index in [2.05, 4.69) is 209 Å². The third-order valence-corrected chi connectivity index (χ3v) is 12.9. The van der Waals surface area contributed by atoms with Gasteiger partial charge in [-0.1, -0.05) is 173 Å². The molecule has 0 saturated heterocycles. The van der Waals surface area contributed by atoms with Crippen LogP contribution in [0.15, 0.2) is 176 Å². The van der Waals surface area contributed by atoms with Gasteiger partial charge in [-0.3, -0.25) is 0 Å². The number of benzene rings is 8. The third-order valence-electron chi connectivity index (χ3n) is 12.9. The molecule has 2 heteroatoms. The minimum absolute atomic E-state index is 0.0155. The minimum Gasteiger partial charge on any atom is -0.484 e. The molecule has 8 aromatic rings. The average molecular weight is 748 g/mol. The highest BCUT2D eigenvalue weighted by molar-refractivity contribution is 6.03. The first kappa shape index (κ1) is 34.6. The molecule has 0 N–H and O–H groups in total. The molecular formula is C56H45NO. The molecule has 0 spiro atoms. The zero-order chi connectivity index (χ0) is 39.1. The number of nitrogens with zero attached hydrogens (tertiary/aromatic N) is 1. The maximum atomic E-state index is 6.70. The van der Waals surface area contributed by atoms with E-state index in [0.717, 1.165) is 23.5 Å². The number of allylic oxidation sites excluding steroid dienone is 2. The summed E-state index contributed by atoms with van der Waals surface area (Å²) in [6.45, 7) is 9.31. The van der Waals surface area contributed by atoms with Crippen molar-refractivity contribution in [3.8, 4) is 28.0 Å². The highest BCUT2D eigenvalue weighted by Gasteiger charge is 2.38. The molecule has 0 saturated carbocycles. The normalized spacial score (nSPS) is 16.0. The van der Waals surface area contributed by atoms with Crippen molar-refractivity contribution in [1.29, 1.82) is 0 Å². The fourth-order valence-electron chi connectivity index (χ4n) is 10.1. The maximum Gasteiger partial charge on any atom is 0.135 e. The Morgan fingerprint density at radius 2 is 1.26 bits per heavy atom. The van der Waals surface area contributed by atoms with Crippen molar-refractivity contribution in [2.45, 2.75) is 51.6 Å². The van der Waals surface area contributed by atoms with E-state index < -0.39 is 0 Å². The van der Waals surface area contributed by atoms with Gasteiger partial charge in [0.2, 0.25) is 0 Å². The van der Waals surface area contributed by atoms with Crippen molar-refractivity contribution in [2.24, 2.45) is 0 Å². The van der Waals surface area contributed by atoms with Crippen LogP contribution in [0.4, 0.5) is 17.1 Å². The molecule has 0 amide bonds. The van der Waals surface area contributed by atoms with Crippen molar-refractivity contribution in [3.63, 3.8) is 0 Å². The summed E-state index contributed by atoms with van der Waals surface area (Å²) in [5.74, 6) is 1.43. The molecule has 2 aliphatic carbocycles. The molecule has 3 aliphatic rings. The molecular weight excluding hydrogens is 703 g/mol. The van der Waals surface area contributed by atoms with Crippen LogP contribution < -0.4 is 9.64 Å². The van der Waals surface area contributed by atoms with E-state index in [4.69, 9.17) is 4.74 Å². The molecule has 0 radical (unpaired) electrons. The van der Waals surface area contributed by atoms with E-state index in [1.54, 1.807) is 0 Å². The van der Waals surface area contributed by atoms with Gasteiger partial charge in [-0.25, -0.2) is 0 Å². The quantitative estimate of drug-likeness (QED) is 0.168. The number of ether oxygens (including phenoxy) is 1. The van der Waals surface area contributed by atoms with E-state index in [1.165, 1.54) is 88.4 Å². The predicted molar refractivity (Wildman–Crippen MR) is 245 cm³/mol. The Morgan fingerprint density at radius 1 is 0.586 bits per heavy atom. The summed E-state index contributed by atoms with van der Waals surface area (Å²) in [7, 11) is 0. The van der Waals surface area contributed by atoms with Crippen LogP contribution in [-0.4, -0.2) is 6.10 Å². The summed E-state index contributed by atoms with van der Waals surface area (Å²) in [6, 6.07) is 60.6. The smallest absolute Gasteiger partial charge is 0.135 e. The molecule has 0 bridgehead atoms. The fraction of sp³-hybridized carbons (Fsp3) is 0.143. The molecule has 1 atom stereocenters. The van der Waals surface area contributed by atoms with Crippen LogP contribution in [0.2, 0.25) is 0 Å². The Hall–Kier alpha value is -6.64. The van der Waals surface area contributed by atoms with Crippen molar-refractivity contribution >= 4 is 49.8 Å². The lowest BCUT2D eigenvalue weighted by Gasteiger charge is -2.31. The lowest BCUT2D eigenvalue weighted by Crippen LogP contribution is -2.17. The van der Waals surface area contributed by atoms with Gasteiger partial charge in [-0.15, -0.1) is 0 Å². The molecule has 11 rings (SSSR count). The molecule has 280 valence electrons. The van der Waals surface area contributed by atoms with Gasteiger partial charge >= 0.3 is 0 Å². The Balaban J connectivity index is 1.09. The topological polar surface area (TPSA) is 12.5 Å². The number of rotatable bonds is 6. The van der Waals surface area contributed by atoms with E-state index in [-0.39, 0.29) is 11.5 Å². The van der Waals surface area contributed by atoms with E-state index in [0.29, 0.717) is 5.92 Å². The molecule has 1 unspecified atom stereocenters. The summed E-state index contributed by atoms with van der Waals surface area (Å²) in [5.41, 5.74) is 17.4. The number of hydrogen-bond acceptors (Lipinski definition) is 2. The zero-order valence-electron chi connectivity index (χ0n) is 33.5. The largest absolute Gasteiger partial charge is 0.484 e. The van der Waals surface area contributed by atoms with E-state index >= 15 is 0 Å². The fourth-order valence-corrected chi connectivity index (χ4v) is 10.1. The van der Waals surface area contributed by atoms with Gasteiger partial charge in [0.15, 0.2) is 0 Å². The van der Waals surface area contributed by atoms with E-state index in [9.17, 15) is 0 Å². The van der Waals surface area contributed by atoms with Crippen molar-refractivity contribution in [2.75, 3.05) is 4.90 Å². The van der Waals surface area contributed by atoms with Gasteiger partial charge in [-0.2, -0.15) is 0 Å². The van der Waals surface area contributed by atoms with Crippen LogP contribution in [0.3, 0.4) is 0 Å². The first-order valence-electron chi connectivity index (χ1n) is 20.7. The van der Waals surface area contributed by atoms with Gasteiger partial charge in [0, 0.05) is 45.2 Å². The first-order chi connectivity index (χ1) is 28.4. The molecule has 0 fully saturated rings. The second-order valence-corrected chi connectivity index (χ2v) is 16.9. The van der Waals surface area contributed by atoms with Crippen molar-refractivity contribution in [3.05, 3.63) is 204 Å². The lowest BCUT2D eigenvalue weighted by atomic mass is 9.82. The second kappa shape index (κ2) is 13.2. The number of para-hydroxylation sites is 1. The van der Waals surface area contributed by atoms with Crippen molar-refractivity contribution < 1.29 is 4.74 Å². The van der Waals surface area contributed by atoms with Gasteiger partial charge in [0.1, 0.15) is 11.9 Å². The number of hydrogen-bond donors (Lipinski definition) is 0. The Kier molecular flexibility index (Phi) is 7.88. The zero-order valence-corrected chi connectivity index (χ0v) is 33.5. The first-order valence-corrected chi connectivity index (χ1v) is 20.7. The second-order valence-electron chi connectivity index (χ2n) is 16.9. The highest BCUT2D eigenvalue weighted by Crippen LogP contribution is 2.55. The van der Waals surface area contributed by atoms with Crippen LogP contribution in [0.5, 0.6) is 5.75 Å². The van der Waals surface area contributed by atoms with Crippen LogP contribution in [0.25, 0.3) is 54.9 Å². The maximum absolute atomic E-state index is 6.70. The van der Waals surface area contributed by atoms with Gasteiger partial charge in [0.25, 0.3) is 0 Å². The van der Waals surface area contributed by atoms with Gasteiger partial charge < -0.3 is 9.64 Å². The van der Waals surface area contributed by atoms with Crippen LogP contribution >= 0.6 is 0 Å². The molecule has 58 heavy (non-hydrogen) atoms. The van der Waals surface area contributed by atoms with E-state index in [1.807, 2.05) is 0 Å². The summed E-state index contributed by atoms with van der Waals surface area (Å²) in [4.78, 5) is 2.51. The average Bonchev–Trinajstić information content (AvgIpc) is 3.76. The predicted octanol–water partition coefficient (Wildman–Crippen LogP) is 15.2. The standard InChI is InChI=1S/C56H45NO/c1-35(2)41-20-11-15-38-16-12-21-43(53(38)41)37-26-30-40(31-27-37)57(51-25-13-23-49-54(51)46-19-7-9-22-48(46)56(49,3)4)50-24-10-8-17-42(50)39-29-33-52-47(34-39)45-32-28-36-14-5-6-18-44(36)55(45)58-52/h5-32,34-35,52H,33H2,1-4H3. The van der Waals surface area contributed by atoms with Gasteiger partial charge in [-0.05, 0) is 91.4 Å². The Bertz CT molecular complexity index is 3010. The molecule has 8 aromatic carbocycles. The lowest BCUT2D eigenvalue weighted by molar-refractivity contribution is 0.282. The summed E-state index contributed by atoms with van der Waals surface area (Å²) in [6.07, 6.45) is 5.60. The van der Waals surface area contributed by atoms with Gasteiger partial charge in [0.05, 0.1) is 11.4 Å². The Labute approximate surface area is 341 Å². The third kappa shape index (κ3) is 5.24. The van der Waals surface area contributed by atoms with Crippen molar-refractivity contribution in [1.82, 2.24) is 0 Å². The number of fused-ring (bicyclic) bond motifs is 9. The highest BCUT2D eigenvalue weighted by atomic mass is 16.5. The minimum atomic E-state index is -0.120.